The van der Waals surface area contributed by atoms with Crippen LogP contribution in [0.2, 0.25) is 0 Å². The zero-order valence-electron chi connectivity index (χ0n) is 6.64. The van der Waals surface area contributed by atoms with Gasteiger partial charge in [0.1, 0.15) is 0 Å². The minimum Gasteiger partial charge on any atom is -0.465 e. The van der Waals surface area contributed by atoms with E-state index in [4.69, 9.17) is 15.4 Å². The highest BCUT2D eigenvalue weighted by atomic mass is 35.7. The van der Waals surface area contributed by atoms with Gasteiger partial charge in [0, 0.05) is 29.7 Å². The molecule has 2 aliphatic heterocycles. The maximum atomic E-state index is 11.0. The number of hydrogen-bond donors (Lipinski definition) is 0. The molecule has 2 atom stereocenters. The Hall–Kier alpha value is -0.330. The first-order valence-electron chi connectivity index (χ1n) is 3.85. The molecule has 0 spiro atoms. The van der Waals surface area contributed by atoms with Crippen molar-refractivity contribution in [1.29, 1.82) is 0 Å². The van der Waals surface area contributed by atoms with E-state index in [0.717, 1.165) is 4.31 Å². The average molecular weight is 226 g/mol. The normalized spacial score (nSPS) is 34.7. The van der Waals surface area contributed by atoms with Crippen molar-refractivity contribution < 1.29 is 17.9 Å². The zero-order valence-corrected chi connectivity index (χ0v) is 8.21. The van der Waals surface area contributed by atoms with E-state index in [1.165, 1.54) is 0 Å². The Kier molecular flexibility index (Phi) is 2.01. The highest BCUT2D eigenvalue weighted by Crippen LogP contribution is 2.32. The standard InChI is InChI=1S/C6H8ClNO4S/c7-13(10,11)8-1-4-3-12-6(9)5(4)2-8/h4-5H,1-3H2/t4-,5-/m0/s1. The van der Waals surface area contributed by atoms with Crippen LogP contribution in [0.5, 0.6) is 0 Å². The summed E-state index contributed by atoms with van der Waals surface area (Å²) in [5.74, 6) is -0.637. The lowest BCUT2D eigenvalue weighted by Gasteiger charge is -2.10. The van der Waals surface area contributed by atoms with E-state index in [1.54, 1.807) is 0 Å². The van der Waals surface area contributed by atoms with E-state index in [0.29, 0.717) is 13.2 Å². The second-order valence-electron chi connectivity index (χ2n) is 3.26. The highest BCUT2D eigenvalue weighted by Gasteiger charge is 2.46. The molecule has 0 aromatic heterocycles. The van der Waals surface area contributed by atoms with Crippen molar-refractivity contribution in [2.75, 3.05) is 19.7 Å². The summed E-state index contributed by atoms with van der Waals surface area (Å²) in [6.07, 6.45) is 0. The molecule has 0 aliphatic carbocycles. The molecule has 5 nitrogen and oxygen atoms in total. The SMILES string of the molecule is O=C1OC[C@@H]2CN(S(=O)(=O)Cl)C[C@H]12. The zero-order chi connectivity index (χ0) is 9.64. The minimum atomic E-state index is -3.67. The number of carbonyl (C=O) groups is 1. The molecular weight excluding hydrogens is 218 g/mol. The van der Waals surface area contributed by atoms with Crippen LogP contribution >= 0.6 is 10.7 Å². The monoisotopic (exact) mass is 225 g/mol. The molecule has 0 saturated carbocycles. The number of hydrogen-bond acceptors (Lipinski definition) is 4. The van der Waals surface area contributed by atoms with Crippen molar-refractivity contribution >= 4 is 25.9 Å². The summed E-state index contributed by atoms with van der Waals surface area (Å²) in [6.45, 7) is 0.768. The summed E-state index contributed by atoms with van der Waals surface area (Å²) in [5, 5.41) is 0. The second-order valence-corrected chi connectivity index (χ2v) is 5.77. The lowest BCUT2D eigenvalue weighted by molar-refractivity contribution is -0.141. The number of cyclic esters (lactones) is 1. The maximum absolute atomic E-state index is 11.0. The molecule has 2 saturated heterocycles. The fourth-order valence-corrected chi connectivity index (χ4v) is 2.79. The van der Waals surface area contributed by atoms with Crippen molar-refractivity contribution in [3.05, 3.63) is 0 Å². The lowest BCUT2D eigenvalue weighted by atomic mass is 10.0. The van der Waals surface area contributed by atoms with Crippen LogP contribution in [-0.4, -0.2) is 38.4 Å². The molecule has 0 radical (unpaired) electrons. The van der Waals surface area contributed by atoms with Gasteiger partial charge in [-0.2, -0.15) is 12.7 Å². The van der Waals surface area contributed by atoms with E-state index in [1.807, 2.05) is 0 Å². The Morgan fingerprint density at radius 3 is 2.69 bits per heavy atom. The molecule has 0 unspecified atom stereocenters. The Balaban J connectivity index is 2.15. The Labute approximate surface area is 80.2 Å². The van der Waals surface area contributed by atoms with Crippen LogP contribution in [0.4, 0.5) is 0 Å². The maximum Gasteiger partial charge on any atom is 0.310 e. The topological polar surface area (TPSA) is 63.7 Å². The molecule has 7 heteroatoms. The molecule has 0 aromatic rings. The van der Waals surface area contributed by atoms with E-state index >= 15 is 0 Å². The van der Waals surface area contributed by atoms with Crippen molar-refractivity contribution in [3.8, 4) is 0 Å². The number of carbonyl (C=O) groups excluding carboxylic acids is 1. The van der Waals surface area contributed by atoms with Gasteiger partial charge in [-0.1, -0.05) is 0 Å². The molecule has 2 aliphatic rings. The predicted octanol–water partition coefficient (Wildman–Crippen LogP) is -0.425. The highest BCUT2D eigenvalue weighted by molar-refractivity contribution is 8.11. The third kappa shape index (κ3) is 1.53. The quantitative estimate of drug-likeness (QED) is 0.449. The number of rotatable bonds is 1. The molecule has 74 valence electrons. The van der Waals surface area contributed by atoms with Gasteiger partial charge < -0.3 is 4.74 Å². The van der Waals surface area contributed by atoms with Gasteiger partial charge in [0.05, 0.1) is 12.5 Å². The summed E-state index contributed by atoms with van der Waals surface area (Å²) >= 11 is 0. The van der Waals surface area contributed by atoms with Crippen LogP contribution in [0.15, 0.2) is 0 Å². The van der Waals surface area contributed by atoms with E-state index in [2.05, 4.69) is 0 Å². The van der Waals surface area contributed by atoms with Gasteiger partial charge in [0.15, 0.2) is 0 Å². The Bertz CT molecular complexity index is 341. The second kappa shape index (κ2) is 2.83. The molecule has 2 fully saturated rings. The largest absolute Gasteiger partial charge is 0.465 e. The van der Waals surface area contributed by atoms with Crippen LogP contribution in [0.3, 0.4) is 0 Å². The van der Waals surface area contributed by atoms with Gasteiger partial charge >= 0.3 is 5.97 Å². The molecule has 13 heavy (non-hydrogen) atoms. The van der Waals surface area contributed by atoms with E-state index < -0.39 is 9.24 Å². The summed E-state index contributed by atoms with van der Waals surface area (Å²) < 4.78 is 27.7. The molecule has 0 aromatic carbocycles. The molecule has 0 amide bonds. The first kappa shape index (κ1) is 9.23. The molecule has 2 rings (SSSR count). The summed E-state index contributed by atoms with van der Waals surface area (Å²) in [5.41, 5.74) is 0. The predicted molar refractivity (Wildman–Crippen MR) is 44.3 cm³/mol. The number of ether oxygens (including phenoxy) is 1. The summed E-state index contributed by atoms with van der Waals surface area (Å²) in [6, 6.07) is 0. The first-order chi connectivity index (χ1) is 5.98. The Morgan fingerprint density at radius 1 is 1.46 bits per heavy atom. The summed E-state index contributed by atoms with van der Waals surface area (Å²) in [4.78, 5) is 11.0. The van der Waals surface area contributed by atoms with Crippen LogP contribution < -0.4 is 0 Å². The minimum absolute atomic E-state index is 0.0129. The smallest absolute Gasteiger partial charge is 0.310 e. The van der Waals surface area contributed by atoms with Crippen molar-refractivity contribution in [1.82, 2.24) is 4.31 Å². The van der Waals surface area contributed by atoms with Crippen LogP contribution in [-0.2, 0) is 18.8 Å². The van der Waals surface area contributed by atoms with Gasteiger partial charge in [-0.3, -0.25) is 4.79 Å². The number of halogens is 1. The molecular formula is C6H8ClNO4S. The third-order valence-corrected chi connectivity index (χ3v) is 3.96. The average Bonchev–Trinajstić information content (AvgIpc) is 2.51. The van der Waals surface area contributed by atoms with Crippen LogP contribution in [0.25, 0.3) is 0 Å². The van der Waals surface area contributed by atoms with Crippen LogP contribution in [0.1, 0.15) is 0 Å². The third-order valence-electron chi connectivity index (χ3n) is 2.46. The van der Waals surface area contributed by atoms with E-state index in [9.17, 15) is 13.2 Å². The van der Waals surface area contributed by atoms with E-state index in [-0.39, 0.29) is 24.3 Å². The molecule has 0 bridgehead atoms. The number of nitrogens with zero attached hydrogens (tertiary/aromatic N) is 1. The van der Waals surface area contributed by atoms with Crippen molar-refractivity contribution in [3.63, 3.8) is 0 Å². The lowest BCUT2D eigenvalue weighted by Crippen LogP contribution is -2.27. The number of esters is 1. The van der Waals surface area contributed by atoms with Crippen molar-refractivity contribution in [2.45, 2.75) is 0 Å². The van der Waals surface area contributed by atoms with Crippen molar-refractivity contribution in [2.24, 2.45) is 11.8 Å². The van der Waals surface area contributed by atoms with Gasteiger partial charge in [0.25, 0.3) is 9.24 Å². The van der Waals surface area contributed by atoms with Gasteiger partial charge in [-0.15, -0.1) is 0 Å². The van der Waals surface area contributed by atoms with Crippen LogP contribution in [0, 0.1) is 11.8 Å². The fourth-order valence-electron chi connectivity index (χ4n) is 1.74. The molecule has 2 heterocycles. The number of fused-ring (bicyclic) bond motifs is 1. The summed E-state index contributed by atoms with van der Waals surface area (Å²) in [7, 11) is 1.47. The van der Waals surface area contributed by atoms with Gasteiger partial charge in [0.2, 0.25) is 0 Å². The van der Waals surface area contributed by atoms with Gasteiger partial charge in [-0.25, -0.2) is 0 Å². The molecule has 0 N–H and O–H groups in total. The Morgan fingerprint density at radius 2 is 2.15 bits per heavy atom. The van der Waals surface area contributed by atoms with Gasteiger partial charge in [-0.05, 0) is 0 Å². The first-order valence-corrected chi connectivity index (χ1v) is 6.11. The fraction of sp³-hybridized carbons (Fsp3) is 0.833.